The van der Waals surface area contributed by atoms with Crippen LogP contribution in [-0.2, 0) is 6.54 Å². The predicted octanol–water partition coefficient (Wildman–Crippen LogP) is 6.70. The number of hydrogen-bond donors (Lipinski definition) is 0. The summed E-state index contributed by atoms with van der Waals surface area (Å²) in [4.78, 5) is 4.72. The van der Waals surface area contributed by atoms with Crippen LogP contribution in [0.5, 0.6) is 5.75 Å². The topological polar surface area (TPSA) is 27.1 Å². The summed E-state index contributed by atoms with van der Waals surface area (Å²) in [5.74, 6) is 1.69. The van der Waals surface area contributed by atoms with Crippen LogP contribution in [-0.4, -0.2) is 16.7 Å². The average Bonchev–Trinajstić information content (AvgIpc) is 3.19. The van der Waals surface area contributed by atoms with Gasteiger partial charge in [-0.3, -0.25) is 0 Å². The van der Waals surface area contributed by atoms with Gasteiger partial charge in [-0.05, 0) is 79.1 Å². The largest absolute Gasteiger partial charge is 0.497 e. The van der Waals surface area contributed by atoms with Crippen LogP contribution in [0.3, 0.4) is 0 Å². The van der Waals surface area contributed by atoms with Gasteiger partial charge in [0.1, 0.15) is 11.6 Å². The first-order chi connectivity index (χ1) is 15.0. The number of aromatic nitrogens is 2. The monoisotopic (exact) mass is 416 g/mol. The van der Waals surface area contributed by atoms with Crippen LogP contribution in [0.1, 0.15) is 50.3 Å². The third-order valence-electron chi connectivity index (χ3n) is 7.54. The van der Waals surface area contributed by atoms with Gasteiger partial charge in [-0.15, -0.1) is 0 Å². The number of ether oxygens (including phenoxy) is 1. The SMILES string of the molecule is COc1cccc(C(C)C2CCCC3=Cc4c(-c5ccc(F)cc5)ncn4C[C@@]32C)c1. The summed E-state index contributed by atoms with van der Waals surface area (Å²) in [6.45, 7) is 5.72. The van der Waals surface area contributed by atoms with E-state index in [1.54, 1.807) is 7.11 Å². The Balaban J connectivity index is 1.51. The van der Waals surface area contributed by atoms with E-state index in [2.05, 4.69) is 42.7 Å². The molecule has 2 heterocycles. The van der Waals surface area contributed by atoms with Crippen molar-refractivity contribution in [1.29, 1.82) is 0 Å². The summed E-state index contributed by atoms with van der Waals surface area (Å²) in [5, 5.41) is 0. The zero-order chi connectivity index (χ0) is 21.6. The smallest absolute Gasteiger partial charge is 0.123 e. The molecule has 0 spiro atoms. The molecule has 1 fully saturated rings. The van der Waals surface area contributed by atoms with E-state index in [4.69, 9.17) is 9.72 Å². The van der Waals surface area contributed by atoms with Crippen molar-refractivity contribution in [2.45, 2.75) is 45.6 Å². The van der Waals surface area contributed by atoms with Gasteiger partial charge in [0.25, 0.3) is 0 Å². The molecular formula is C27H29FN2O. The molecule has 2 unspecified atom stereocenters. The Morgan fingerprint density at radius 1 is 1.19 bits per heavy atom. The molecule has 1 saturated carbocycles. The Morgan fingerprint density at radius 2 is 2.00 bits per heavy atom. The zero-order valence-electron chi connectivity index (χ0n) is 18.4. The highest BCUT2D eigenvalue weighted by Crippen LogP contribution is 2.54. The summed E-state index contributed by atoms with van der Waals surface area (Å²) < 4.78 is 21.2. The lowest BCUT2D eigenvalue weighted by atomic mass is 9.58. The van der Waals surface area contributed by atoms with E-state index >= 15 is 0 Å². The lowest BCUT2D eigenvalue weighted by molar-refractivity contribution is 0.130. The number of nitrogens with zero attached hydrogens (tertiary/aromatic N) is 2. The molecule has 2 aromatic carbocycles. The van der Waals surface area contributed by atoms with E-state index in [9.17, 15) is 4.39 Å². The van der Waals surface area contributed by atoms with E-state index in [0.29, 0.717) is 11.8 Å². The Bertz CT molecular complexity index is 1130. The van der Waals surface area contributed by atoms with Crippen molar-refractivity contribution < 1.29 is 9.13 Å². The van der Waals surface area contributed by atoms with Gasteiger partial charge in [-0.2, -0.15) is 0 Å². The first-order valence-electron chi connectivity index (χ1n) is 11.2. The molecule has 1 aliphatic heterocycles. The fraction of sp³-hybridized carbons (Fsp3) is 0.370. The molecule has 160 valence electrons. The van der Waals surface area contributed by atoms with Gasteiger partial charge in [-0.25, -0.2) is 9.37 Å². The van der Waals surface area contributed by atoms with Gasteiger partial charge in [-0.1, -0.05) is 31.6 Å². The molecule has 0 amide bonds. The molecule has 4 heteroatoms. The maximum atomic E-state index is 13.4. The number of hydrogen-bond acceptors (Lipinski definition) is 2. The normalized spacial score (nSPS) is 23.5. The van der Waals surface area contributed by atoms with E-state index in [1.165, 1.54) is 36.1 Å². The summed E-state index contributed by atoms with van der Waals surface area (Å²) in [6.07, 6.45) is 7.88. The molecule has 1 aromatic heterocycles. The number of rotatable bonds is 4. The average molecular weight is 417 g/mol. The van der Waals surface area contributed by atoms with Crippen molar-refractivity contribution >= 4 is 6.08 Å². The number of methoxy groups -OCH3 is 1. The van der Waals surface area contributed by atoms with Crippen LogP contribution < -0.4 is 4.74 Å². The second-order valence-corrected chi connectivity index (χ2v) is 9.26. The van der Waals surface area contributed by atoms with Gasteiger partial charge < -0.3 is 9.30 Å². The molecule has 3 aromatic rings. The zero-order valence-corrected chi connectivity index (χ0v) is 18.4. The second-order valence-electron chi connectivity index (χ2n) is 9.26. The summed E-state index contributed by atoms with van der Waals surface area (Å²) >= 11 is 0. The standard InChI is InChI=1S/C27H29FN2O/c1-18(20-6-4-8-23(14-20)31-3)24-9-5-7-21-15-25-26(19-10-12-22(28)13-11-19)29-17-30(25)16-27(21,24)2/h4,6,8,10-15,17-18,24H,5,7,9,16H2,1-3H3/t18?,24?,27-/m0/s1. The van der Waals surface area contributed by atoms with E-state index < -0.39 is 0 Å². The van der Waals surface area contributed by atoms with Crippen LogP contribution in [0.15, 0.2) is 60.4 Å². The minimum atomic E-state index is -0.218. The van der Waals surface area contributed by atoms with Crippen LogP contribution in [0.2, 0.25) is 0 Å². The van der Waals surface area contributed by atoms with Gasteiger partial charge in [0.2, 0.25) is 0 Å². The van der Waals surface area contributed by atoms with Crippen molar-refractivity contribution in [3.63, 3.8) is 0 Å². The van der Waals surface area contributed by atoms with E-state index in [-0.39, 0.29) is 11.2 Å². The number of imidazole rings is 1. The third kappa shape index (κ3) is 3.38. The van der Waals surface area contributed by atoms with Gasteiger partial charge >= 0.3 is 0 Å². The van der Waals surface area contributed by atoms with Crippen molar-refractivity contribution in [3.8, 4) is 17.0 Å². The fourth-order valence-corrected chi connectivity index (χ4v) is 5.79. The predicted molar refractivity (Wildman–Crippen MR) is 122 cm³/mol. The molecule has 3 atom stereocenters. The van der Waals surface area contributed by atoms with Crippen molar-refractivity contribution in [1.82, 2.24) is 9.55 Å². The van der Waals surface area contributed by atoms with Crippen LogP contribution in [0.4, 0.5) is 4.39 Å². The minimum Gasteiger partial charge on any atom is -0.497 e. The first kappa shape index (κ1) is 20.0. The number of allylic oxidation sites excluding steroid dienone is 1. The molecule has 0 radical (unpaired) electrons. The second kappa shape index (κ2) is 7.67. The molecule has 0 N–H and O–H groups in total. The van der Waals surface area contributed by atoms with E-state index in [0.717, 1.165) is 35.7 Å². The van der Waals surface area contributed by atoms with Gasteiger partial charge in [0, 0.05) is 17.5 Å². The Labute approximate surface area is 183 Å². The highest BCUT2D eigenvalue weighted by molar-refractivity contribution is 5.72. The van der Waals surface area contributed by atoms with Gasteiger partial charge in [0.15, 0.2) is 0 Å². The minimum absolute atomic E-state index is 0.0918. The Morgan fingerprint density at radius 3 is 2.77 bits per heavy atom. The Hall–Kier alpha value is -2.88. The molecule has 2 aliphatic rings. The van der Waals surface area contributed by atoms with Crippen molar-refractivity contribution in [2.24, 2.45) is 11.3 Å². The number of fused-ring (bicyclic) bond motifs is 2. The van der Waals surface area contributed by atoms with Crippen LogP contribution >= 0.6 is 0 Å². The maximum absolute atomic E-state index is 13.4. The van der Waals surface area contributed by atoms with Crippen LogP contribution in [0.25, 0.3) is 17.3 Å². The molecule has 0 saturated heterocycles. The third-order valence-corrected chi connectivity index (χ3v) is 7.54. The molecule has 31 heavy (non-hydrogen) atoms. The molecule has 0 bridgehead atoms. The lowest BCUT2D eigenvalue weighted by Crippen LogP contribution is -2.41. The molecular weight excluding hydrogens is 387 g/mol. The number of benzene rings is 2. The number of halogens is 1. The van der Waals surface area contributed by atoms with Crippen LogP contribution in [0, 0.1) is 17.2 Å². The first-order valence-corrected chi connectivity index (χ1v) is 11.2. The summed E-state index contributed by atoms with van der Waals surface area (Å²) in [5.41, 5.74) is 6.01. The highest BCUT2D eigenvalue weighted by atomic mass is 19.1. The van der Waals surface area contributed by atoms with Gasteiger partial charge in [0.05, 0.1) is 24.8 Å². The highest BCUT2D eigenvalue weighted by Gasteiger charge is 2.45. The quantitative estimate of drug-likeness (QED) is 0.473. The van der Waals surface area contributed by atoms with Crippen molar-refractivity contribution in [2.75, 3.05) is 7.11 Å². The van der Waals surface area contributed by atoms with E-state index in [1.807, 2.05) is 24.5 Å². The Kier molecular flexibility index (Phi) is 4.96. The maximum Gasteiger partial charge on any atom is 0.123 e. The molecule has 5 rings (SSSR count). The lowest BCUT2D eigenvalue weighted by Gasteiger charge is -2.49. The summed E-state index contributed by atoms with van der Waals surface area (Å²) in [6, 6.07) is 15.2. The summed E-state index contributed by atoms with van der Waals surface area (Å²) in [7, 11) is 1.73. The fourth-order valence-electron chi connectivity index (χ4n) is 5.79. The molecule has 1 aliphatic carbocycles. The van der Waals surface area contributed by atoms with Crippen molar-refractivity contribution in [3.05, 3.63) is 77.5 Å². The molecule has 3 nitrogen and oxygen atoms in total.